The first-order valence-corrected chi connectivity index (χ1v) is 10.2. The van der Waals surface area contributed by atoms with Gasteiger partial charge >= 0.3 is 5.97 Å². The molecule has 2 aromatic rings. The molecule has 0 saturated carbocycles. The minimum atomic E-state index is -0.556. The average Bonchev–Trinajstić information content (AvgIpc) is 2.76. The molecule has 160 valence electrons. The second-order valence-corrected chi connectivity index (χ2v) is 7.03. The van der Waals surface area contributed by atoms with Crippen LogP contribution in [0.15, 0.2) is 54.1 Å². The van der Waals surface area contributed by atoms with Gasteiger partial charge in [0, 0.05) is 0 Å². The summed E-state index contributed by atoms with van der Waals surface area (Å²) in [6.45, 7) is 3.85. The molecule has 0 spiro atoms. The highest BCUT2D eigenvalue weighted by Gasteiger charge is 2.34. The maximum absolute atomic E-state index is 13.0. The van der Waals surface area contributed by atoms with Gasteiger partial charge in [-0.3, -0.25) is 19.8 Å². The van der Waals surface area contributed by atoms with Crippen molar-refractivity contribution in [3.8, 4) is 5.75 Å². The molecule has 8 heteroatoms. The van der Waals surface area contributed by atoms with Crippen LogP contribution in [0.1, 0.15) is 25.0 Å². The maximum atomic E-state index is 13.0. The summed E-state index contributed by atoms with van der Waals surface area (Å²) in [4.78, 5) is 38.1. The number of carbonyl (C=O) groups excluding carboxylic acids is 3. The molecular weight excluding hydrogens is 416 g/mol. The highest BCUT2D eigenvalue weighted by molar-refractivity contribution is 7.80. The van der Waals surface area contributed by atoms with E-state index in [1.165, 1.54) is 11.0 Å². The third kappa shape index (κ3) is 5.35. The summed E-state index contributed by atoms with van der Waals surface area (Å²) >= 11 is 5.22. The number of benzene rings is 2. The van der Waals surface area contributed by atoms with Crippen molar-refractivity contribution in [1.82, 2.24) is 5.32 Å². The van der Waals surface area contributed by atoms with E-state index in [1.54, 1.807) is 43.3 Å². The van der Waals surface area contributed by atoms with Crippen molar-refractivity contribution in [3.63, 3.8) is 0 Å². The molecule has 1 heterocycles. The van der Waals surface area contributed by atoms with Crippen LogP contribution in [-0.4, -0.2) is 36.1 Å². The van der Waals surface area contributed by atoms with E-state index in [9.17, 15) is 14.4 Å². The number of anilines is 1. The van der Waals surface area contributed by atoms with E-state index in [0.29, 0.717) is 17.0 Å². The number of ether oxygens (including phenoxy) is 2. The first-order valence-electron chi connectivity index (χ1n) is 9.81. The Kier molecular flexibility index (Phi) is 7.15. The van der Waals surface area contributed by atoms with Crippen molar-refractivity contribution in [2.24, 2.45) is 0 Å². The third-order valence-corrected chi connectivity index (χ3v) is 4.84. The molecule has 7 nitrogen and oxygen atoms in total. The normalized spacial score (nSPS) is 15.1. The molecular formula is C23H22N2O5S. The number of thiocarbonyl (C=S) groups is 1. The average molecular weight is 439 g/mol. The Morgan fingerprint density at radius 2 is 1.74 bits per heavy atom. The Bertz CT molecular complexity index is 1030. The number of amides is 2. The summed E-state index contributed by atoms with van der Waals surface area (Å²) in [5.74, 6) is -1.05. The molecule has 1 aliphatic rings. The van der Waals surface area contributed by atoms with Gasteiger partial charge in [-0.2, -0.15) is 0 Å². The van der Waals surface area contributed by atoms with Crippen LogP contribution in [0.4, 0.5) is 5.69 Å². The lowest BCUT2D eigenvalue weighted by Crippen LogP contribution is -2.54. The lowest BCUT2D eigenvalue weighted by molar-refractivity contribution is -0.145. The SMILES string of the molecule is CCOC(=O)COc1ccc(/C=C2\C(=O)NC(=S)N(c3ccc(CC)cc3)C2=O)cc1. The van der Waals surface area contributed by atoms with Crippen LogP contribution in [-0.2, 0) is 25.5 Å². The second-order valence-electron chi connectivity index (χ2n) is 6.64. The monoisotopic (exact) mass is 438 g/mol. The van der Waals surface area contributed by atoms with Gasteiger partial charge in [0.1, 0.15) is 11.3 Å². The second kappa shape index (κ2) is 9.99. The molecule has 0 unspecified atom stereocenters. The topological polar surface area (TPSA) is 84.9 Å². The number of nitrogens with one attached hydrogen (secondary N) is 1. The lowest BCUT2D eigenvalue weighted by atomic mass is 10.1. The van der Waals surface area contributed by atoms with Gasteiger partial charge in [-0.05, 0) is 67.0 Å². The number of hydrogen-bond donors (Lipinski definition) is 1. The van der Waals surface area contributed by atoms with Crippen LogP contribution < -0.4 is 15.0 Å². The van der Waals surface area contributed by atoms with Crippen molar-refractivity contribution in [2.45, 2.75) is 20.3 Å². The zero-order valence-corrected chi connectivity index (χ0v) is 18.0. The quantitative estimate of drug-likeness (QED) is 0.310. The molecule has 1 N–H and O–H groups in total. The fourth-order valence-electron chi connectivity index (χ4n) is 2.94. The highest BCUT2D eigenvalue weighted by atomic mass is 32.1. The summed E-state index contributed by atoms with van der Waals surface area (Å²) in [6.07, 6.45) is 2.36. The maximum Gasteiger partial charge on any atom is 0.344 e. The van der Waals surface area contributed by atoms with E-state index in [0.717, 1.165) is 12.0 Å². The van der Waals surface area contributed by atoms with Gasteiger partial charge in [-0.1, -0.05) is 31.2 Å². The smallest absolute Gasteiger partial charge is 0.344 e. The molecule has 2 amide bonds. The van der Waals surface area contributed by atoms with Crippen LogP contribution in [0.2, 0.25) is 0 Å². The zero-order valence-electron chi connectivity index (χ0n) is 17.2. The molecule has 0 atom stereocenters. The van der Waals surface area contributed by atoms with Crippen molar-refractivity contribution in [3.05, 3.63) is 65.2 Å². The standard InChI is InChI=1S/C23H22N2O5S/c1-3-15-5-9-17(10-6-15)25-22(28)19(21(27)24-23(25)31)13-16-7-11-18(12-8-16)30-14-20(26)29-4-2/h5-13H,3-4,14H2,1-2H3,(H,24,27,31)/b19-13+. The Balaban J connectivity index is 1.78. The lowest BCUT2D eigenvalue weighted by Gasteiger charge is -2.29. The number of hydrogen-bond acceptors (Lipinski definition) is 6. The molecule has 1 fully saturated rings. The number of rotatable bonds is 7. The van der Waals surface area contributed by atoms with Crippen LogP contribution >= 0.6 is 12.2 Å². The van der Waals surface area contributed by atoms with Crippen LogP contribution in [0.25, 0.3) is 6.08 Å². The van der Waals surface area contributed by atoms with Gasteiger partial charge in [0.25, 0.3) is 11.8 Å². The van der Waals surface area contributed by atoms with E-state index in [2.05, 4.69) is 5.32 Å². The first-order chi connectivity index (χ1) is 14.9. The Labute approximate surface area is 185 Å². The molecule has 2 aromatic carbocycles. The molecule has 1 aliphatic heterocycles. The largest absolute Gasteiger partial charge is 0.482 e. The first kappa shape index (κ1) is 22.2. The van der Waals surface area contributed by atoms with Crippen LogP contribution in [0, 0.1) is 0 Å². The fourth-order valence-corrected chi connectivity index (χ4v) is 3.23. The van der Waals surface area contributed by atoms with E-state index >= 15 is 0 Å². The predicted octanol–water partition coefficient (Wildman–Crippen LogP) is 3.02. The van der Waals surface area contributed by atoms with E-state index in [4.69, 9.17) is 21.7 Å². The minimum absolute atomic E-state index is 0.0339. The minimum Gasteiger partial charge on any atom is -0.482 e. The van der Waals surface area contributed by atoms with Gasteiger partial charge in [0.05, 0.1) is 12.3 Å². The molecule has 0 radical (unpaired) electrons. The Morgan fingerprint density at radius 3 is 2.35 bits per heavy atom. The third-order valence-electron chi connectivity index (χ3n) is 4.56. The van der Waals surface area contributed by atoms with Crippen molar-refractivity contribution >= 4 is 46.9 Å². The number of esters is 1. The predicted molar refractivity (Wildman–Crippen MR) is 121 cm³/mol. The molecule has 0 bridgehead atoms. The van der Waals surface area contributed by atoms with Crippen LogP contribution in [0.5, 0.6) is 5.75 Å². The molecule has 0 aromatic heterocycles. The summed E-state index contributed by atoms with van der Waals surface area (Å²) in [5.41, 5.74) is 2.30. The van der Waals surface area contributed by atoms with E-state index in [-0.39, 0.29) is 23.9 Å². The number of carbonyl (C=O) groups is 3. The molecule has 3 rings (SSSR count). The van der Waals surface area contributed by atoms with Gasteiger partial charge in [0.2, 0.25) is 0 Å². The summed E-state index contributed by atoms with van der Waals surface area (Å²) < 4.78 is 10.2. The van der Waals surface area contributed by atoms with Crippen LogP contribution in [0.3, 0.4) is 0 Å². The summed E-state index contributed by atoms with van der Waals surface area (Å²) in [6, 6.07) is 14.1. The fraction of sp³-hybridized carbons (Fsp3) is 0.217. The zero-order chi connectivity index (χ0) is 22.4. The molecule has 1 saturated heterocycles. The summed E-state index contributed by atoms with van der Waals surface area (Å²) in [5, 5.41) is 2.61. The Morgan fingerprint density at radius 1 is 1.06 bits per heavy atom. The van der Waals surface area contributed by atoms with E-state index < -0.39 is 17.8 Å². The van der Waals surface area contributed by atoms with Crippen molar-refractivity contribution in [1.29, 1.82) is 0 Å². The van der Waals surface area contributed by atoms with E-state index in [1.807, 2.05) is 19.1 Å². The number of aryl methyl sites for hydroxylation is 1. The molecule has 0 aliphatic carbocycles. The Hall–Kier alpha value is -3.52. The number of nitrogens with zero attached hydrogens (tertiary/aromatic N) is 1. The highest BCUT2D eigenvalue weighted by Crippen LogP contribution is 2.23. The van der Waals surface area contributed by atoms with Gasteiger partial charge in [0.15, 0.2) is 11.7 Å². The van der Waals surface area contributed by atoms with Crippen molar-refractivity contribution in [2.75, 3.05) is 18.1 Å². The van der Waals surface area contributed by atoms with Gasteiger partial charge in [-0.25, -0.2) is 4.79 Å². The van der Waals surface area contributed by atoms with Crippen molar-refractivity contribution < 1.29 is 23.9 Å². The molecule has 31 heavy (non-hydrogen) atoms. The summed E-state index contributed by atoms with van der Waals surface area (Å²) in [7, 11) is 0. The van der Waals surface area contributed by atoms with Gasteiger partial charge < -0.3 is 9.47 Å². The van der Waals surface area contributed by atoms with Gasteiger partial charge in [-0.15, -0.1) is 0 Å².